The van der Waals surface area contributed by atoms with E-state index in [0.717, 1.165) is 18.4 Å². The summed E-state index contributed by atoms with van der Waals surface area (Å²) in [6, 6.07) is 4.57. The van der Waals surface area contributed by atoms with Gasteiger partial charge in [-0.3, -0.25) is 0 Å². The van der Waals surface area contributed by atoms with E-state index < -0.39 is 0 Å². The minimum absolute atomic E-state index is 0.0849. The maximum atomic E-state index is 13.5. The largest absolute Gasteiger partial charge is 0.491 e. The van der Waals surface area contributed by atoms with Gasteiger partial charge in [0.05, 0.1) is 18.8 Å². The van der Waals surface area contributed by atoms with Crippen molar-refractivity contribution in [2.45, 2.75) is 45.8 Å². The molecule has 0 saturated heterocycles. The zero-order valence-electron chi connectivity index (χ0n) is 12.8. The van der Waals surface area contributed by atoms with Crippen LogP contribution in [0.5, 0.6) is 5.75 Å². The van der Waals surface area contributed by atoms with Crippen LogP contribution < -0.4 is 4.74 Å². The highest BCUT2D eigenvalue weighted by Crippen LogP contribution is 2.32. The lowest BCUT2D eigenvalue weighted by Crippen LogP contribution is -2.13. The summed E-state index contributed by atoms with van der Waals surface area (Å²) in [6.07, 6.45) is 1.74. The average molecular weight is 284 g/mol. The number of benzene rings is 1. The smallest absolute Gasteiger partial charge is 0.125 e. The van der Waals surface area contributed by atoms with Crippen molar-refractivity contribution in [1.29, 1.82) is 0 Å². The third-order valence-electron chi connectivity index (χ3n) is 2.85. The zero-order valence-corrected chi connectivity index (χ0v) is 12.8. The van der Waals surface area contributed by atoms with Crippen molar-refractivity contribution in [1.82, 2.24) is 0 Å². The zero-order chi connectivity index (χ0) is 15.0. The molecule has 20 heavy (non-hydrogen) atoms. The fraction of sp³-hybridized carbons (Fsp3) is 0.625. The van der Waals surface area contributed by atoms with Crippen molar-refractivity contribution >= 4 is 0 Å². The van der Waals surface area contributed by atoms with Gasteiger partial charge in [-0.15, -0.1) is 0 Å². The topological polar surface area (TPSA) is 27.7 Å². The third kappa shape index (κ3) is 5.47. The van der Waals surface area contributed by atoms with Gasteiger partial charge in [0.1, 0.15) is 18.2 Å². The van der Waals surface area contributed by atoms with E-state index in [2.05, 4.69) is 6.92 Å². The van der Waals surface area contributed by atoms with Crippen LogP contribution in [-0.4, -0.2) is 26.4 Å². The Morgan fingerprint density at radius 1 is 1.20 bits per heavy atom. The molecule has 0 fully saturated rings. The second kappa shape index (κ2) is 8.93. The van der Waals surface area contributed by atoms with Gasteiger partial charge >= 0.3 is 0 Å². The van der Waals surface area contributed by atoms with Gasteiger partial charge in [-0.05, 0) is 38.5 Å². The molecule has 0 radical (unpaired) electrons. The number of halogens is 1. The minimum atomic E-state index is -0.271. The first-order valence-electron chi connectivity index (χ1n) is 7.15. The van der Waals surface area contributed by atoms with Gasteiger partial charge in [0.2, 0.25) is 0 Å². The van der Waals surface area contributed by atoms with Gasteiger partial charge in [0.15, 0.2) is 0 Å². The monoisotopic (exact) mass is 284 g/mol. The van der Waals surface area contributed by atoms with Crippen LogP contribution >= 0.6 is 0 Å². The van der Waals surface area contributed by atoms with Crippen LogP contribution in [0.25, 0.3) is 0 Å². The predicted octanol–water partition coefficient (Wildman–Crippen LogP) is 4.12. The number of methoxy groups -OCH3 is 1. The lowest BCUT2D eigenvalue weighted by Gasteiger charge is -2.23. The van der Waals surface area contributed by atoms with Crippen LogP contribution in [0.1, 0.15) is 45.3 Å². The van der Waals surface area contributed by atoms with Crippen molar-refractivity contribution in [3.8, 4) is 5.75 Å². The summed E-state index contributed by atoms with van der Waals surface area (Å²) in [5.41, 5.74) is 0.775. The molecule has 4 heteroatoms. The van der Waals surface area contributed by atoms with E-state index in [1.54, 1.807) is 13.2 Å². The Labute approximate surface area is 121 Å². The Morgan fingerprint density at radius 3 is 2.55 bits per heavy atom. The molecule has 0 heterocycles. The van der Waals surface area contributed by atoms with E-state index in [-0.39, 0.29) is 18.0 Å². The molecular weight excluding hydrogens is 259 g/mol. The second-order valence-corrected chi connectivity index (χ2v) is 4.99. The lowest BCUT2D eigenvalue weighted by molar-refractivity contribution is -0.000569. The molecule has 0 N–H and O–H groups in total. The predicted molar refractivity (Wildman–Crippen MR) is 77.6 cm³/mol. The van der Waals surface area contributed by atoms with Gasteiger partial charge in [0, 0.05) is 12.7 Å². The van der Waals surface area contributed by atoms with Crippen LogP contribution in [0.3, 0.4) is 0 Å². The molecule has 1 rings (SSSR count). The molecule has 1 atom stereocenters. The molecule has 0 amide bonds. The average Bonchev–Trinajstić information content (AvgIpc) is 2.39. The number of rotatable bonds is 9. The van der Waals surface area contributed by atoms with Gasteiger partial charge in [-0.25, -0.2) is 4.39 Å². The quantitative estimate of drug-likeness (QED) is 0.638. The minimum Gasteiger partial charge on any atom is -0.491 e. The van der Waals surface area contributed by atoms with Crippen LogP contribution in [0.15, 0.2) is 18.2 Å². The highest BCUT2D eigenvalue weighted by molar-refractivity contribution is 5.36. The van der Waals surface area contributed by atoms with E-state index in [1.165, 1.54) is 12.1 Å². The fourth-order valence-corrected chi connectivity index (χ4v) is 2.02. The molecule has 0 spiro atoms. The molecule has 1 aromatic rings. The van der Waals surface area contributed by atoms with Gasteiger partial charge in [-0.2, -0.15) is 0 Å². The Morgan fingerprint density at radius 2 is 1.95 bits per heavy atom. The summed E-state index contributed by atoms with van der Waals surface area (Å²) in [5, 5.41) is 0. The van der Waals surface area contributed by atoms with Crippen LogP contribution in [0.4, 0.5) is 4.39 Å². The summed E-state index contributed by atoms with van der Waals surface area (Å²) in [6.45, 7) is 6.98. The van der Waals surface area contributed by atoms with Crippen molar-refractivity contribution in [3.63, 3.8) is 0 Å². The number of hydrogen-bond acceptors (Lipinski definition) is 3. The van der Waals surface area contributed by atoms with Crippen molar-refractivity contribution in [3.05, 3.63) is 29.6 Å². The van der Waals surface area contributed by atoms with Crippen molar-refractivity contribution < 1.29 is 18.6 Å². The summed E-state index contributed by atoms with van der Waals surface area (Å²) in [7, 11) is 1.62. The van der Waals surface area contributed by atoms with E-state index in [4.69, 9.17) is 14.2 Å². The Balaban J connectivity index is 2.94. The van der Waals surface area contributed by atoms with E-state index in [0.29, 0.717) is 19.0 Å². The summed E-state index contributed by atoms with van der Waals surface area (Å²) in [4.78, 5) is 0. The third-order valence-corrected chi connectivity index (χ3v) is 2.85. The van der Waals surface area contributed by atoms with E-state index >= 15 is 0 Å². The van der Waals surface area contributed by atoms with Gasteiger partial charge < -0.3 is 14.2 Å². The molecule has 0 aromatic heterocycles. The van der Waals surface area contributed by atoms with Crippen LogP contribution in [0, 0.1) is 5.82 Å². The molecule has 0 aliphatic carbocycles. The van der Waals surface area contributed by atoms with Gasteiger partial charge in [-0.1, -0.05) is 13.3 Å². The molecule has 0 bridgehead atoms. The van der Waals surface area contributed by atoms with E-state index in [9.17, 15) is 4.39 Å². The Hall–Kier alpha value is -1.13. The summed E-state index contributed by atoms with van der Waals surface area (Å²) < 4.78 is 30.1. The molecule has 1 aromatic carbocycles. The van der Waals surface area contributed by atoms with Crippen LogP contribution in [-0.2, 0) is 9.47 Å². The van der Waals surface area contributed by atoms with Gasteiger partial charge in [0.25, 0.3) is 0 Å². The summed E-state index contributed by atoms with van der Waals surface area (Å²) in [5.74, 6) is 0.398. The van der Waals surface area contributed by atoms with E-state index in [1.807, 2.05) is 13.8 Å². The maximum absolute atomic E-state index is 13.5. The normalized spacial score (nSPS) is 12.7. The molecule has 114 valence electrons. The molecule has 3 nitrogen and oxygen atoms in total. The molecule has 0 unspecified atom stereocenters. The summed E-state index contributed by atoms with van der Waals surface area (Å²) >= 11 is 0. The Bertz CT molecular complexity index is 393. The first kappa shape index (κ1) is 16.9. The maximum Gasteiger partial charge on any atom is 0.125 e. The first-order chi connectivity index (χ1) is 9.58. The lowest BCUT2D eigenvalue weighted by atomic mass is 10.0. The van der Waals surface area contributed by atoms with Crippen LogP contribution in [0.2, 0.25) is 0 Å². The number of ether oxygens (including phenoxy) is 3. The van der Waals surface area contributed by atoms with Crippen molar-refractivity contribution in [2.75, 3.05) is 20.3 Å². The van der Waals surface area contributed by atoms with Crippen molar-refractivity contribution in [2.24, 2.45) is 0 Å². The molecule has 0 saturated carbocycles. The molecule has 0 aliphatic rings. The standard InChI is InChI=1S/C16H25FO3/c1-5-6-16(20-12(2)3)14-11-13(17)7-8-15(14)19-10-9-18-4/h7-8,11-12,16H,5-6,9-10H2,1-4H3/t16-/m0/s1. The second-order valence-electron chi connectivity index (χ2n) is 4.99. The fourth-order valence-electron chi connectivity index (χ4n) is 2.02. The SMILES string of the molecule is CCC[C@H](OC(C)C)c1cc(F)ccc1OCCOC. The molecule has 0 aliphatic heterocycles. The Kier molecular flexibility index (Phi) is 7.55. The first-order valence-corrected chi connectivity index (χ1v) is 7.15. The molecular formula is C16H25FO3. The highest BCUT2D eigenvalue weighted by Gasteiger charge is 2.18. The number of hydrogen-bond donors (Lipinski definition) is 0. The highest BCUT2D eigenvalue weighted by atomic mass is 19.1.